The van der Waals surface area contributed by atoms with Crippen LogP contribution in [0.1, 0.15) is 31.7 Å². The van der Waals surface area contributed by atoms with Gasteiger partial charge in [0.15, 0.2) is 0 Å². The summed E-state index contributed by atoms with van der Waals surface area (Å²) in [4.78, 5) is 0. The van der Waals surface area contributed by atoms with Gasteiger partial charge in [-0.2, -0.15) is 0 Å². The second-order valence-electron chi connectivity index (χ2n) is 4.03. The molecule has 1 aromatic rings. The predicted octanol–water partition coefficient (Wildman–Crippen LogP) is 2.03. The van der Waals surface area contributed by atoms with Gasteiger partial charge in [0.25, 0.3) is 0 Å². The van der Waals surface area contributed by atoms with Crippen LogP contribution in [0.3, 0.4) is 0 Å². The highest BCUT2D eigenvalue weighted by Crippen LogP contribution is 2.09. The van der Waals surface area contributed by atoms with Gasteiger partial charge in [0.1, 0.15) is 12.0 Å². The van der Waals surface area contributed by atoms with E-state index in [1.54, 1.807) is 12.1 Å². The van der Waals surface area contributed by atoms with Crippen LogP contribution in [-0.4, -0.2) is 23.0 Å². The molecule has 1 aromatic carbocycles. The smallest absolute Gasteiger partial charge is 0.115 e. The Bertz CT molecular complexity index is 284. The summed E-state index contributed by atoms with van der Waals surface area (Å²) in [7, 11) is 0. The van der Waals surface area contributed by atoms with Crippen LogP contribution in [0.2, 0.25) is 0 Å². The van der Waals surface area contributed by atoms with E-state index in [4.69, 9.17) is 5.11 Å². The molecule has 0 aliphatic heterocycles. The van der Waals surface area contributed by atoms with Crippen LogP contribution in [0.5, 0.6) is 5.75 Å². The zero-order valence-corrected chi connectivity index (χ0v) is 9.82. The van der Waals surface area contributed by atoms with Crippen molar-refractivity contribution < 1.29 is 10.2 Å². The van der Waals surface area contributed by atoms with Crippen molar-refractivity contribution in [2.45, 2.75) is 38.8 Å². The van der Waals surface area contributed by atoms with Crippen LogP contribution in [-0.2, 0) is 6.42 Å². The highest BCUT2D eigenvalue weighted by molar-refractivity contribution is 5.25. The maximum absolute atomic E-state index is 9.55. The molecular formula is C13H21NO2. The Morgan fingerprint density at radius 1 is 1.25 bits per heavy atom. The summed E-state index contributed by atoms with van der Waals surface area (Å²) < 4.78 is 0. The van der Waals surface area contributed by atoms with Crippen molar-refractivity contribution in [2.24, 2.45) is 0 Å². The van der Waals surface area contributed by atoms with Gasteiger partial charge in [0, 0.05) is 6.54 Å². The van der Waals surface area contributed by atoms with Gasteiger partial charge in [-0.05, 0) is 37.0 Å². The lowest BCUT2D eigenvalue weighted by Crippen LogP contribution is -2.30. The summed E-state index contributed by atoms with van der Waals surface area (Å²) in [5.41, 5.74) is 1.16. The van der Waals surface area contributed by atoms with Gasteiger partial charge in [0.05, 0.1) is 0 Å². The Morgan fingerprint density at radius 2 is 1.94 bits per heavy atom. The fourth-order valence-electron chi connectivity index (χ4n) is 1.55. The van der Waals surface area contributed by atoms with Gasteiger partial charge >= 0.3 is 0 Å². The summed E-state index contributed by atoms with van der Waals surface area (Å²) in [6.07, 6.45) is 3.44. The molecule has 0 fully saturated rings. The minimum atomic E-state index is -0.392. The fourth-order valence-corrected chi connectivity index (χ4v) is 1.55. The molecule has 0 saturated carbocycles. The van der Waals surface area contributed by atoms with Crippen LogP contribution in [0.15, 0.2) is 24.3 Å². The summed E-state index contributed by atoms with van der Waals surface area (Å²) in [6.45, 7) is 2.87. The molecule has 0 bridgehead atoms. The molecule has 0 heterocycles. The lowest BCUT2D eigenvalue weighted by Gasteiger charge is -2.12. The van der Waals surface area contributed by atoms with E-state index in [1.807, 2.05) is 12.1 Å². The third-order valence-electron chi connectivity index (χ3n) is 2.56. The average molecular weight is 223 g/mol. The first-order valence-corrected chi connectivity index (χ1v) is 5.91. The van der Waals surface area contributed by atoms with Crippen LogP contribution < -0.4 is 5.32 Å². The Morgan fingerprint density at radius 3 is 2.56 bits per heavy atom. The lowest BCUT2D eigenvalue weighted by atomic mass is 10.1. The number of benzene rings is 1. The van der Waals surface area contributed by atoms with Crippen molar-refractivity contribution in [3.63, 3.8) is 0 Å². The summed E-state index contributed by atoms with van der Waals surface area (Å²) in [5, 5.41) is 21.7. The van der Waals surface area contributed by atoms with Crippen molar-refractivity contribution in [3.05, 3.63) is 29.8 Å². The van der Waals surface area contributed by atoms with E-state index in [1.165, 1.54) is 0 Å². The molecular weight excluding hydrogens is 202 g/mol. The molecule has 0 aliphatic rings. The average Bonchev–Trinajstić information content (AvgIpc) is 2.29. The molecule has 3 N–H and O–H groups in total. The lowest BCUT2D eigenvalue weighted by molar-refractivity contribution is 0.126. The number of rotatable bonds is 7. The van der Waals surface area contributed by atoms with Crippen molar-refractivity contribution in [3.8, 4) is 5.75 Å². The number of phenols is 1. The van der Waals surface area contributed by atoms with E-state index in [0.29, 0.717) is 5.75 Å². The van der Waals surface area contributed by atoms with Gasteiger partial charge in [-0.15, -0.1) is 0 Å². The molecule has 1 unspecified atom stereocenters. The monoisotopic (exact) mass is 223 g/mol. The van der Waals surface area contributed by atoms with Gasteiger partial charge < -0.3 is 10.2 Å². The minimum absolute atomic E-state index is 0.291. The SMILES string of the molecule is CCCCC(O)NCCc1ccc(O)cc1. The second-order valence-corrected chi connectivity index (χ2v) is 4.03. The van der Waals surface area contributed by atoms with Gasteiger partial charge in [-0.25, -0.2) is 0 Å². The summed E-state index contributed by atoms with van der Waals surface area (Å²) >= 11 is 0. The van der Waals surface area contributed by atoms with E-state index < -0.39 is 6.23 Å². The Kier molecular flexibility index (Phi) is 5.90. The van der Waals surface area contributed by atoms with Crippen LogP contribution in [0, 0.1) is 0 Å². The molecule has 0 saturated heterocycles. The first-order chi connectivity index (χ1) is 7.72. The number of nitrogens with one attached hydrogen (secondary N) is 1. The van der Waals surface area contributed by atoms with E-state index in [9.17, 15) is 5.11 Å². The molecule has 1 rings (SSSR count). The van der Waals surface area contributed by atoms with Crippen molar-refractivity contribution in [2.75, 3.05) is 6.54 Å². The van der Waals surface area contributed by atoms with Crippen molar-refractivity contribution >= 4 is 0 Å². The van der Waals surface area contributed by atoms with E-state index in [-0.39, 0.29) is 0 Å². The van der Waals surface area contributed by atoms with Crippen LogP contribution >= 0.6 is 0 Å². The Hall–Kier alpha value is -1.06. The third-order valence-corrected chi connectivity index (χ3v) is 2.56. The molecule has 90 valence electrons. The number of phenolic OH excluding ortho intramolecular Hbond substituents is 1. The summed E-state index contributed by atoms with van der Waals surface area (Å²) in [6, 6.07) is 7.16. The second kappa shape index (κ2) is 7.25. The minimum Gasteiger partial charge on any atom is -0.508 e. The topological polar surface area (TPSA) is 52.5 Å². The molecule has 3 heteroatoms. The van der Waals surface area contributed by atoms with E-state index >= 15 is 0 Å². The highest BCUT2D eigenvalue weighted by Gasteiger charge is 2.01. The predicted molar refractivity (Wildman–Crippen MR) is 65.3 cm³/mol. The molecule has 16 heavy (non-hydrogen) atoms. The molecule has 0 radical (unpaired) electrons. The van der Waals surface area contributed by atoms with Crippen LogP contribution in [0.4, 0.5) is 0 Å². The quantitative estimate of drug-likeness (QED) is 0.620. The van der Waals surface area contributed by atoms with Crippen molar-refractivity contribution in [1.82, 2.24) is 5.32 Å². The fraction of sp³-hybridized carbons (Fsp3) is 0.538. The molecule has 0 spiro atoms. The van der Waals surface area contributed by atoms with E-state index in [2.05, 4.69) is 12.2 Å². The number of aliphatic hydroxyl groups excluding tert-OH is 1. The highest BCUT2D eigenvalue weighted by atomic mass is 16.3. The maximum Gasteiger partial charge on any atom is 0.115 e. The van der Waals surface area contributed by atoms with Crippen LogP contribution in [0.25, 0.3) is 0 Å². The first-order valence-electron chi connectivity index (χ1n) is 5.91. The Balaban J connectivity index is 2.17. The van der Waals surface area contributed by atoms with Gasteiger partial charge in [-0.1, -0.05) is 25.5 Å². The molecule has 3 nitrogen and oxygen atoms in total. The number of unbranched alkanes of at least 4 members (excludes halogenated alkanes) is 1. The Labute approximate surface area is 97.1 Å². The zero-order chi connectivity index (χ0) is 11.8. The largest absolute Gasteiger partial charge is 0.508 e. The van der Waals surface area contributed by atoms with Crippen molar-refractivity contribution in [1.29, 1.82) is 0 Å². The molecule has 1 atom stereocenters. The molecule has 0 aromatic heterocycles. The zero-order valence-electron chi connectivity index (χ0n) is 9.82. The number of aliphatic hydroxyl groups is 1. The number of aromatic hydroxyl groups is 1. The van der Waals surface area contributed by atoms with Gasteiger partial charge in [0.2, 0.25) is 0 Å². The van der Waals surface area contributed by atoms with E-state index in [0.717, 1.165) is 37.8 Å². The van der Waals surface area contributed by atoms with Gasteiger partial charge in [-0.3, -0.25) is 5.32 Å². The third kappa shape index (κ3) is 5.14. The number of hydrogen-bond donors (Lipinski definition) is 3. The summed E-state index contributed by atoms with van der Waals surface area (Å²) in [5.74, 6) is 0.291. The molecule has 0 amide bonds. The standard InChI is InChI=1S/C13H21NO2/c1-2-3-4-13(16)14-10-9-11-5-7-12(15)8-6-11/h5-8,13-16H,2-4,9-10H2,1H3. The normalized spacial score (nSPS) is 12.6. The first kappa shape index (κ1) is 13.0. The number of hydrogen-bond acceptors (Lipinski definition) is 3. The maximum atomic E-state index is 9.55. The molecule has 0 aliphatic carbocycles.